The number of hydrogen-bond acceptors (Lipinski definition) is 3. The number of ketones is 1. The first-order valence-electron chi connectivity index (χ1n) is 5.69. The molecule has 4 heteroatoms. The van der Waals surface area contributed by atoms with Gasteiger partial charge in [-0.05, 0) is 24.6 Å². The van der Waals surface area contributed by atoms with Crippen molar-refractivity contribution in [1.82, 2.24) is 0 Å². The van der Waals surface area contributed by atoms with Gasteiger partial charge in [-0.25, -0.2) is 0 Å². The Hall–Kier alpha value is -1.06. The Labute approximate surface area is 107 Å². The molecule has 1 atom stereocenters. The summed E-state index contributed by atoms with van der Waals surface area (Å²) in [5, 5.41) is 0.595. The van der Waals surface area contributed by atoms with Crippen LogP contribution in [0.5, 0.6) is 5.75 Å². The summed E-state index contributed by atoms with van der Waals surface area (Å²) in [6.07, 6.45) is 1.88. The molecule has 17 heavy (non-hydrogen) atoms. The largest absolute Gasteiger partial charge is 0.496 e. The van der Waals surface area contributed by atoms with Crippen LogP contribution in [0.2, 0.25) is 5.02 Å². The summed E-state index contributed by atoms with van der Waals surface area (Å²) >= 11 is 5.90. The van der Waals surface area contributed by atoms with E-state index >= 15 is 0 Å². The van der Waals surface area contributed by atoms with E-state index in [9.17, 15) is 4.79 Å². The molecule has 0 saturated heterocycles. The fraction of sp³-hybridized carbons (Fsp3) is 0.462. The maximum Gasteiger partial charge on any atom is 0.154 e. The van der Waals surface area contributed by atoms with Gasteiger partial charge in [0.1, 0.15) is 5.75 Å². The molecule has 3 nitrogen and oxygen atoms in total. The summed E-state index contributed by atoms with van der Waals surface area (Å²) in [6.45, 7) is 2.01. The number of methoxy groups -OCH3 is 1. The number of carbonyl (C=O) groups excluding carboxylic acids is 1. The van der Waals surface area contributed by atoms with E-state index < -0.39 is 6.04 Å². The van der Waals surface area contributed by atoms with Crippen LogP contribution in [0.3, 0.4) is 0 Å². The normalized spacial score (nSPS) is 12.2. The number of Topliss-reactive ketones (excluding diaryl/α,β-unsaturated/α-hetero) is 1. The second kappa shape index (κ2) is 6.62. The summed E-state index contributed by atoms with van der Waals surface area (Å²) in [6, 6.07) is 4.84. The van der Waals surface area contributed by atoms with Crippen molar-refractivity contribution in [1.29, 1.82) is 0 Å². The second-order valence-corrected chi connectivity index (χ2v) is 4.43. The molecule has 0 radical (unpaired) electrons. The number of ether oxygens (including phenoxy) is 1. The van der Waals surface area contributed by atoms with Crippen LogP contribution in [0.25, 0.3) is 0 Å². The van der Waals surface area contributed by atoms with Gasteiger partial charge in [0.05, 0.1) is 13.2 Å². The molecule has 1 unspecified atom stereocenters. The highest BCUT2D eigenvalue weighted by molar-refractivity contribution is 6.30. The third-order valence-electron chi connectivity index (χ3n) is 2.62. The first kappa shape index (κ1) is 14.0. The average molecular weight is 256 g/mol. The molecule has 0 fully saturated rings. The molecule has 0 aliphatic heterocycles. The third-order valence-corrected chi connectivity index (χ3v) is 2.86. The highest BCUT2D eigenvalue weighted by Gasteiger charge is 2.15. The van der Waals surface area contributed by atoms with Crippen molar-refractivity contribution in [2.45, 2.75) is 32.2 Å². The molecule has 0 aliphatic rings. The number of benzene rings is 1. The standard InChI is InChI=1S/C13H18ClNO2/c1-3-4-11(15)12(16)8-9-7-10(14)5-6-13(9)17-2/h5-7,11H,3-4,8,15H2,1-2H3. The Kier molecular flexibility index (Phi) is 5.45. The predicted octanol–water partition coefficient (Wildman–Crippen LogP) is 2.59. The van der Waals surface area contributed by atoms with Crippen molar-refractivity contribution < 1.29 is 9.53 Å². The molecule has 1 rings (SSSR count). The average Bonchev–Trinajstić information content (AvgIpc) is 2.29. The van der Waals surface area contributed by atoms with Crippen molar-refractivity contribution in [3.05, 3.63) is 28.8 Å². The van der Waals surface area contributed by atoms with Gasteiger partial charge in [-0.3, -0.25) is 4.79 Å². The van der Waals surface area contributed by atoms with Gasteiger partial charge >= 0.3 is 0 Å². The van der Waals surface area contributed by atoms with Gasteiger partial charge in [-0.2, -0.15) is 0 Å². The fourth-order valence-electron chi connectivity index (χ4n) is 1.68. The predicted molar refractivity (Wildman–Crippen MR) is 69.6 cm³/mol. The van der Waals surface area contributed by atoms with Gasteiger partial charge in [0.15, 0.2) is 5.78 Å². The highest BCUT2D eigenvalue weighted by atomic mass is 35.5. The second-order valence-electron chi connectivity index (χ2n) is 3.99. The number of hydrogen-bond donors (Lipinski definition) is 1. The number of nitrogens with two attached hydrogens (primary N) is 1. The minimum Gasteiger partial charge on any atom is -0.496 e. The van der Waals surface area contributed by atoms with E-state index in [1.165, 1.54) is 0 Å². The summed E-state index contributed by atoms with van der Waals surface area (Å²) in [7, 11) is 1.57. The number of halogens is 1. The summed E-state index contributed by atoms with van der Waals surface area (Å²) < 4.78 is 5.19. The molecule has 1 aromatic carbocycles. The number of carbonyl (C=O) groups is 1. The zero-order chi connectivity index (χ0) is 12.8. The van der Waals surface area contributed by atoms with Gasteiger partial charge < -0.3 is 10.5 Å². The van der Waals surface area contributed by atoms with Gasteiger partial charge in [0.25, 0.3) is 0 Å². The lowest BCUT2D eigenvalue weighted by Crippen LogP contribution is -2.31. The van der Waals surface area contributed by atoms with Crippen LogP contribution >= 0.6 is 11.6 Å². The topological polar surface area (TPSA) is 52.3 Å². The number of rotatable bonds is 6. The molecule has 1 aromatic rings. The van der Waals surface area contributed by atoms with Crippen LogP contribution in [0.15, 0.2) is 18.2 Å². The lowest BCUT2D eigenvalue weighted by Gasteiger charge is -2.12. The molecular formula is C13H18ClNO2. The van der Waals surface area contributed by atoms with E-state index in [0.717, 1.165) is 12.0 Å². The Morgan fingerprint density at radius 3 is 2.82 bits per heavy atom. The van der Waals surface area contributed by atoms with Gasteiger partial charge in [0.2, 0.25) is 0 Å². The lowest BCUT2D eigenvalue weighted by atomic mass is 10.0. The van der Waals surface area contributed by atoms with E-state index in [1.54, 1.807) is 25.3 Å². The molecule has 0 aliphatic carbocycles. The van der Waals surface area contributed by atoms with Gasteiger partial charge in [0, 0.05) is 17.0 Å². The van der Waals surface area contributed by atoms with Crippen LogP contribution in [0, 0.1) is 0 Å². The first-order valence-corrected chi connectivity index (χ1v) is 6.07. The lowest BCUT2D eigenvalue weighted by molar-refractivity contribution is -0.119. The van der Waals surface area contributed by atoms with Crippen molar-refractivity contribution in [3.63, 3.8) is 0 Å². The Morgan fingerprint density at radius 2 is 2.24 bits per heavy atom. The molecule has 0 aromatic heterocycles. The van der Waals surface area contributed by atoms with Crippen molar-refractivity contribution >= 4 is 17.4 Å². The molecule has 0 bridgehead atoms. The van der Waals surface area contributed by atoms with E-state index in [4.69, 9.17) is 22.1 Å². The zero-order valence-electron chi connectivity index (χ0n) is 10.2. The first-order chi connectivity index (χ1) is 8.08. The SMILES string of the molecule is CCCC(N)C(=O)Cc1cc(Cl)ccc1OC. The zero-order valence-corrected chi connectivity index (χ0v) is 11.0. The monoisotopic (exact) mass is 255 g/mol. The van der Waals surface area contributed by atoms with Gasteiger partial charge in [-0.1, -0.05) is 24.9 Å². The molecule has 0 amide bonds. The Bertz CT molecular complexity index is 393. The quantitative estimate of drug-likeness (QED) is 0.850. The minimum absolute atomic E-state index is 0.0208. The van der Waals surface area contributed by atoms with Crippen LogP contribution in [0.4, 0.5) is 0 Å². The summed E-state index contributed by atoms with van der Waals surface area (Å²) in [5.74, 6) is 0.693. The Morgan fingerprint density at radius 1 is 1.53 bits per heavy atom. The highest BCUT2D eigenvalue weighted by Crippen LogP contribution is 2.23. The van der Waals surface area contributed by atoms with Crippen LogP contribution in [-0.4, -0.2) is 18.9 Å². The van der Waals surface area contributed by atoms with E-state index in [2.05, 4.69) is 0 Å². The molecule has 2 N–H and O–H groups in total. The summed E-state index contributed by atoms with van der Waals surface area (Å²) in [4.78, 5) is 11.9. The molecule has 94 valence electrons. The third kappa shape index (κ3) is 4.02. The maximum atomic E-state index is 11.9. The van der Waals surface area contributed by atoms with Gasteiger partial charge in [-0.15, -0.1) is 0 Å². The van der Waals surface area contributed by atoms with Crippen LogP contribution < -0.4 is 10.5 Å². The van der Waals surface area contributed by atoms with E-state index in [1.807, 2.05) is 6.92 Å². The van der Waals surface area contributed by atoms with Crippen molar-refractivity contribution in [2.75, 3.05) is 7.11 Å². The molecule has 0 saturated carbocycles. The van der Waals surface area contributed by atoms with E-state index in [-0.39, 0.29) is 12.2 Å². The van der Waals surface area contributed by atoms with Crippen molar-refractivity contribution in [2.24, 2.45) is 5.73 Å². The van der Waals surface area contributed by atoms with Crippen molar-refractivity contribution in [3.8, 4) is 5.75 Å². The van der Waals surface area contributed by atoms with Crippen LogP contribution in [0.1, 0.15) is 25.3 Å². The van der Waals surface area contributed by atoms with E-state index in [0.29, 0.717) is 17.2 Å². The minimum atomic E-state index is -0.399. The molecule has 0 spiro atoms. The Balaban J connectivity index is 2.79. The van der Waals surface area contributed by atoms with Crippen LogP contribution in [-0.2, 0) is 11.2 Å². The smallest absolute Gasteiger partial charge is 0.154 e. The molecule has 0 heterocycles. The maximum absolute atomic E-state index is 11.9. The molecular weight excluding hydrogens is 238 g/mol. The summed E-state index contributed by atoms with van der Waals surface area (Å²) in [5.41, 5.74) is 6.57. The fourth-order valence-corrected chi connectivity index (χ4v) is 1.87.